The average Bonchev–Trinajstić information content (AvgIpc) is 3.36. The molecule has 0 saturated carbocycles. The van der Waals surface area contributed by atoms with Crippen molar-refractivity contribution in [3.05, 3.63) is 53.4 Å². The van der Waals surface area contributed by atoms with Gasteiger partial charge in [0.05, 0.1) is 0 Å². The molecule has 0 fully saturated rings. The van der Waals surface area contributed by atoms with Crippen molar-refractivity contribution in [2.45, 2.75) is 17.1 Å². The molecular weight excluding hydrogens is 402 g/mol. The van der Waals surface area contributed by atoms with Crippen LogP contribution in [-0.4, -0.2) is 37.2 Å². The number of benzene rings is 1. The number of hydrogen-bond acceptors (Lipinski definition) is 6. The fourth-order valence-electron chi connectivity index (χ4n) is 2.43. The number of aromatic nitrogens is 1. The van der Waals surface area contributed by atoms with Gasteiger partial charge < -0.3 is 5.32 Å². The standard InChI is InChI=1S/C18H19N3O3S3/c1-21(27(23,24)17-5-3-12-25-17)11-2-4-16(22)20-15-8-6-14(7-9-15)18-19-10-13-26-18/h3,5-10,12-13H,2,4,11H2,1H3,(H,20,22). The summed E-state index contributed by atoms with van der Waals surface area (Å²) in [6.07, 6.45) is 2.45. The van der Waals surface area contributed by atoms with Crippen molar-refractivity contribution >= 4 is 44.3 Å². The van der Waals surface area contributed by atoms with Crippen molar-refractivity contribution in [3.8, 4) is 10.6 Å². The highest BCUT2D eigenvalue weighted by Gasteiger charge is 2.21. The van der Waals surface area contributed by atoms with Crippen LogP contribution in [0.5, 0.6) is 0 Å². The summed E-state index contributed by atoms with van der Waals surface area (Å²) in [5.74, 6) is -0.140. The molecule has 27 heavy (non-hydrogen) atoms. The van der Waals surface area contributed by atoms with Gasteiger partial charge in [-0.05, 0) is 42.1 Å². The zero-order chi connectivity index (χ0) is 19.3. The summed E-state index contributed by atoms with van der Waals surface area (Å²) in [6.45, 7) is 0.288. The number of nitrogens with zero attached hydrogens (tertiary/aromatic N) is 2. The lowest BCUT2D eigenvalue weighted by Gasteiger charge is -2.15. The van der Waals surface area contributed by atoms with Crippen LogP contribution < -0.4 is 5.32 Å². The number of carbonyl (C=O) groups is 1. The van der Waals surface area contributed by atoms with Crippen molar-refractivity contribution in [2.24, 2.45) is 0 Å². The lowest BCUT2D eigenvalue weighted by atomic mass is 10.2. The summed E-state index contributed by atoms with van der Waals surface area (Å²) in [5, 5.41) is 7.41. The van der Waals surface area contributed by atoms with Crippen molar-refractivity contribution in [2.75, 3.05) is 18.9 Å². The molecule has 0 unspecified atom stereocenters. The molecule has 1 amide bonds. The largest absolute Gasteiger partial charge is 0.326 e. The van der Waals surface area contributed by atoms with E-state index in [1.165, 1.54) is 22.7 Å². The Kier molecular flexibility index (Phi) is 6.38. The summed E-state index contributed by atoms with van der Waals surface area (Å²) < 4.78 is 26.2. The Morgan fingerprint density at radius 1 is 1.15 bits per heavy atom. The van der Waals surface area contributed by atoms with Crippen LogP contribution in [0.25, 0.3) is 10.6 Å². The van der Waals surface area contributed by atoms with Crippen molar-refractivity contribution in [1.82, 2.24) is 9.29 Å². The maximum absolute atomic E-state index is 12.3. The predicted molar refractivity (Wildman–Crippen MR) is 110 cm³/mol. The zero-order valence-corrected chi connectivity index (χ0v) is 17.1. The molecule has 9 heteroatoms. The molecule has 3 aromatic rings. The number of anilines is 1. The molecule has 0 atom stereocenters. The highest BCUT2D eigenvalue weighted by atomic mass is 32.2. The van der Waals surface area contributed by atoms with Crippen LogP contribution in [0.3, 0.4) is 0 Å². The first-order valence-electron chi connectivity index (χ1n) is 8.26. The van der Waals surface area contributed by atoms with Gasteiger partial charge in [0.2, 0.25) is 5.91 Å². The van der Waals surface area contributed by atoms with Gasteiger partial charge in [-0.25, -0.2) is 17.7 Å². The van der Waals surface area contributed by atoms with E-state index in [-0.39, 0.29) is 18.9 Å². The van der Waals surface area contributed by atoms with E-state index in [4.69, 9.17) is 0 Å². The third-order valence-corrected chi connectivity index (χ3v) is 7.94. The number of thiophene rings is 1. The Morgan fingerprint density at radius 3 is 2.56 bits per heavy atom. The van der Waals surface area contributed by atoms with Gasteiger partial charge in [-0.15, -0.1) is 22.7 Å². The number of hydrogen-bond donors (Lipinski definition) is 1. The van der Waals surface area contributed by atoms with E-state index in [9.17, 15) is 13.2 Å². The van der Waals surface area contributed by atoms with Gasteiger partial charge in [0.15, 0.2) is 0 Å². The fourth-order valence-corrected chi connectivity index (χ4v) is 5.49. The molecule has 0 radical (unpaired) electrons. The van der Waals surface area contributed by atoms with Gasteiger partial charge in [0, 0.05) is 42.8 Å². The minimum absolute atomic E-state index is 0.140. The van der Waals surface area contributed by atoms with Crippen molar-refractivity contribution in [1.29, 1.82) is 0 Å². The second-order valence-corrected chi connectivity index (χ2v) is 9.94. The molecule has 142 valence electrons. The number of nitrogens with one attached hydrogen (secondary N) is 1. The second kappa shape index (κ2) is 8.75. The number of sulfonamides is 1. The van der Waals surface area contributed by atoms with E-state index in [0.29, 0.717) is 16.3 Å². The lowest BCUT2D eigenvalue weighted by molar-refractivity contribution is -0.116. The molecule has 1 N–H and O–H groups in total. The summed E-state index contributed by atoms with van der Waals surface area (Å²) in [6, 6.07) is 10.8. The quantitative estimate of drug-likeness (QED) is 0.598. The number of amides is 1. The summed E-state index contributed by atoms with van der Waals surface area (Å²) in [5.41, 5.74) is 1.71. The molecule has 2 heterocycles. The number of rotatable bonds is 8. The molecule has 0 spiro atoms. The smallest absolute Gasteiger partial charge is 0.252 e. The topological polar surface area (TPSA) is 79.4 Å². The van der Waals surface area contributed by atoms with Crippen molar-refractivity contribution in [3.63, 3.8) is 0 Å². The Hall–Kier alpha value is -2.07. The first-order valence-corrected chi connectivity index (χ1v) is 11.5. The molecule has 0 aliphatic heterocycles. The van der Waals surface area contributed by atoms with E-state index in [1.54, 1.807) is 35.0 Å². The highest BCUT2D eigenvalue weighted by molar-refractivity contribution is 7.91. The summed E-state index contributed by atoms with van der Waals surface area (Å²) in [4.78, 5) is 16.3. The van der Waals surface area contributed by atoms with E-state index in [2.05, 4.69) is 10.3 Å². The third-order valence-electron chi connectivity index (χ3n) is 3.88. The maximum Gasteiger partial charge on any atom is 0.252 e. The molecule has 2 aromatic heterocycles. The third kappa shape index (κ3) is 5.01. The van der Waals surface area contributed by atoms with Crippen LogP contribution in [0.2, 0.25) is 0 Å². The van der Waals surface area contributed by atoms with Gasteiger partial charge in [-0.2, -0.15) is 0 Å². The molecule has 3 rings (SSSR count). The number of carbonyl (C=O) groups excluding carboxylic acids is 1. The van der Waals surface area contributed by atoms with Gasteiger partial charge in [-0.1, -0.05) is 6.07 Å². The average molecular weight is 422 g/mol. The van der Waals surface area contributed by atoms with Gasteiger partial charge in [-0.3, -0.25) is 4.79 Å². The summed E-state index contributed by atoms with van der Waals surface area (Å²) in [7, 11) is -1.93. The maximum atomic E-state index is 12.3. The molecule has 0 aliphatic rings. The Morgan fingerprint density at radius 2 is 1.93 bits per heavy atom. The predicted octanol–water partition coefficient (Wildman–Crippen LogP) is 3.91. The highest BCUT2D eigenvalue weighted by Crippen LogP contribution is 2.23. The zero-order valence-electron chi connectivity index (χ0n) is 14.7. The van der Waals surface area contributed by atoms with Crippen LogP contribution in [0.1, 0.15) is 12.8 Å². The monoisotopic (exact) mass is 421 g/mol. The van der Waals surface area contributed by atoms with E-state index < -0.39 is 10.0 Å². The first-order chi connectivity index (χ1) is 13.0. The van der Waals surface area contributed by atoms with Crippen LogP contribution >= 0.6 is 22.7 Å². The molecule has 0 bridgehead atoms. The molecule has 1 aromatic carbocycles. The summed E-state index contributed by atoms with van der Waals surface area (Å²) >= 11 is 2.75. The first kappa shape index (κ1) is 19.7. The van der Waals surface area contributed by atoms with Crippen LogP contribution in [0.4, 0.5) is 5.69 Å². The van der Waals surface area contributed by atoms with Gasteiger partial charge >= 0.3 is 0 Å². The number of thiazole rings is 1. The molecule has 6 nitrogen and oxygen atoms in total. The minimum atomic E-state index is -3.46. The van der Waals surface area contributed by atoms with Crippen LogP contribution in [-0.2, 0) is 14.8 Å². The molecule has 0 saturated heterocycles. The fraction of sp³-hybridized carbons (Fsp3) is 0.222. The lowest BCUT2D eigenvalue weighted by Crippen LogP contribution is -2.28. The van der Waals surface area contributed by atoms with Crippen LogP contribution in [0.15, 0.2) is 57.6 Å². The molecular formula is C18H19N3O3S3. The second-order valence-electron chi connectivity index (χ2n) is 5.82. The van der Waals surface area contributed by atoms with Crippen LogP contribution in [0, 0.1) is 0 Å². The SMILES string of the molecule is CN(CCCC(=O)Nc1ccc(-c2nccs2)cc1)S(=O)(=O)c1cccs1. The normalized spacial score (nSPS) is 11.6. The van der Waals surface area contributed by atoms with Gasteiger partial charge in [0.25, 0.3) is 10.0 Å². The van der Waals surface area contributed by atoms with E-state index >= 15 is 0 Å². The minimum Gasteiger partial charge on any atom is -0.326 e. The molecule has 0 aliphatic carbocycles. The van der Waals surface area contributed by atoms with Gasteiger partial charge in [0.1, 0.15) is 9.22 Å². The Balaban J connectivity index is 1.47. The van der Waals surface area contributed by atoms with E-state index in [0.717, 1.165) is 10.6 Å². The van der Waals surface area contributed by atoms with Crippen molar-refractivity contribution < 1.29 is 13.2 Å². The Labute approximate surface area is 166 Å². The van der Waals surface area contributed by atoms with E-state index in [1.807, 2.05) is 29.6 Å². The Bertz CT molecular complexity index is 967.